The van der Waals surface area contributed by atoms with E-state index >= 15 is 0 Å². The molecular formula is C17H19N5O3. The Labute approximate surface area is 145 Å². The van der Waals surface area contributed by atoms with Gasteiger partial charge in [0.25, 0.3) is 0 Å². The van der Waals surface area contributed by atoms with Crippen LogP contribution in [-0.2, 0) is 15.1 Å². The fourth-order valence-electron chi connectivity index (χ4n) is 3.09. The summed E-state index contributed by atoms with van der Waals surface area (Å²) in [7, 11) is 0. The van der Waals surface area contributed by atoms with E-state index in [9.17, 15) is 10.1 Å². The first-order chi connectivity index (χ1) is 12.2. The number of carbonyl (C=O) groups is 1. The minimum atomic E-state index is -1.03. The van der Waals surface area contributed by atoms with E-state index in [0.717, 1.165) is 0 Å². The first-order valence-electron chi connectivity index (χ1n) is 8.06. The number of ether oxygens (including phenoxy) is 1. The summed E-state index contributed by atoms with van der Waals surface area (Å²) in [6.07, 6.45) is 6.85. The predicted molar refractivity (Wildman–Crippen MR) is 87.9 cm³/mol. The maximum Gasteiger partial charge on any atom is 0.303 e. The van der Waals surface area contributed by atoms with Crippen LogP contribution in [0.5, 0.6) is 0 Å². The van der Waals surface area contributed by atoms with Crippen LogP contribution in [0.2, 0.25) is 0 Å². The van der Waals surface area contributed by atoms with E-state index in [2.05, 4.69) is 16.0 Å². The fourth-order valence-corrected chi connectivity index (χ4v) is 3.09. The van der Waals surface area contributed by atoms with Gasteiger partial charge in [-0.3, -0.25) is 14.3 Å². The predicted octanol–water partition coefficient (Wildman–Crippen LogP) is 1.18. The van der Waals surface area contributed by atoms with E-state index in [4.69, 9.17) is 9.84 Å². The highest BCUT2D eigenvalue weighted by Crippen LogP contribution is 2.33. The van der Waals surface area contributed by atoms with Crippen molar-refractivity contribution in [2.24, 2.45) is 0 Å². The molecule has 25 heavy (non-hydrogen) atoms. The average Bonchev–Trinajstić information content (AvgIpc) is 3.19. The molecule has 3 rings (SSSR count). The molecule has 0 amide bonds. The molecule has 0 aliphatic carbocycles. The summed E-state index contributed by atoms with van der Waals surface area (Å²) >= 11 is 0. The number of nitriles is 1. The van der Waals surface area contributed by atoms with Gasteiger partial charge >= 0.3 is 5.97 Å². The number of morpholine rings is 1. The summed E-state index contributed by atoms with van der Waals surface area (Å²) in [6.45, 7) is 2.21. The summed E-state index contributed by atoms with van der Waals surface area (Å²) < 4.78 is 7.14. The standard InChI is InChI=1S/C17H19N5O3/c18-12-17(4-3-16(23)24,22-7-9-25-10-8-22)14-1-2-15(20-11-14)21-6-5-19-13-21/h1-2,5-6,11,13H,3-4,7-10H2,(H,23,24). The van der Waals surface area contributed by atoms with E-state index in [1.807, 2.05) is 17.0 Å². The summed E-state index contributed by atoms with van der Waals surface area (Å²) in [5.41, 5.74) is -0.329. The molecular weight excluding hydrogens is 322 g/mol. The maximum atomic E-state index is 11.1. The minimum absolute atomic E-state index is 0.0891. The molecule has 8 nitrogen and oxygen atoms in total. The van der Waals surface area contributed by atoms with Crippen molar-refractivity contribution < 1.29 is 14.6 Å². The summed E-state index contributed by atoms with van der Waals surface area (Å²) in [5.74, 6) is -0.232. The van der Waals surface area contributed by atoms with Crippen LogP contribution >= 0.6 is 0 Å². The smallest absolute Gasteiger partial charge is 0.303 e. The van der Waals surface area contributed by atoms with Crippen molar-refractivity contribution in [2.45, 2.75) is 18.4 Å². The fraction of sp³-hybridized carbons (Fsp3) is 0.412. The second-order valence-corrected chi connectivity index (χ2v) is 5.84. The van der Waals surface area contributed by atoms with Gasteiger partial charge in [-0.2, -0.15) is 5.26 Å². The summed E-state index contributed by atoms with van der Waals surface area (Å²) in [5, 5.41) is 19.1. The van der Waals surface area contributed by atoms with Crippen molar-refractivity contribution in [1.29, 1.82) is 5.26 Å². The van der Waals surface area contributed by atoms with Gasteiger partial charge in [-0.05, 0) is 12.5 Å². The van der Waals surface area contributed by atoms with Crippen molar-refractivity contribution in [3.8, 4) is 11.9 Å². The van der Waals surface area contributed by atoms with Gasteiger partial charge in [0.2, 0.25) is 0 Å². The van der Waals surface area contributed by atoms with E-state index in [-0.39, 0.29) is 12.8 Å². The van der Waals surface area contributed by atoms with E-state index in [1.165, 1.54) is 0 Å². The molecule has 3 heterocycles. The van der Waals surface area contributed by atoms with Crippen molar-refractivity contribution in [1.82, 2.24) is 19.4 Å². The lowest BCUT2D eigenvalue weighted by atomic mass is 9.85. The number of aromatic nitrogens is 3. The monoisotopic (exact) mass is 341 g/mol. The van der Waals surface area contributed by atoms with Crippen LogP contribution in [0.1, 0.15) is 18.4 Å². The molecule has 0 radical (unpaired) electrons. The molecule has 1 unspecified atom stereocenters. The Morgan fingerprint density at radius 3 is 2.76 bits per heavy atom. The number of imidazole rings is 1. The molecule has 1 aliphatic rings. The number of aliphatic carboxylic acids is 1. The SMILES string of the molecule is N#CC(CCC(=O)O)(c1ccc(-n2ccnc2)nc1)N1CCOCC1. The average molecular weight is 341 g/mol. The van der Waals surface area contributed by atoms with E-state index in [1.54, 1.807) is 29.5 Å². The Bertz CT molecular complexity index is 748. The van der Waals surface area contributed by atoms with Crippen LogP contribution in [0, 0.1) is 11.3 Å². The Morgan fingerprint density at radius 2 is 2.20 bits per heavy atom. The third kappa shape index (κ3) is 3.52. The van der Waals surface area contributed by atoms with Crippen molar-refractivity contribution >= 4 is 5.97 Å². The second kappa shape index (κ2) is 7.42. The number of hydrogen-bond donors (Lipinski definition) is 1. The normalized spacial score (nSPS) is 17.6. The van der Waals surface area contributed by atoms with Gasteiger partial charge in [-0.25, -0.2) is 9.97 Å². The molecule has 0 spiro atoms. The largest absolute Gasteiger partial charge is 0.481 e. The van der Waals surface area contributed by atoms with Crippen LogP contribution in [0.15, 0.2) is 37.1 Å². The van der Waals surface area contributed by atoms with Crippen molar-refractivity contribution in [3.63, 3.8) is 0 Å². The van der Waals surface area contributed by atoms with Crippen molar-refractivity contribution in [3.05, 3.63) is 42.6 Å². The third-order valence-corrected chi connectivity index (χ3v) is 4.43. The number of pyridine rings is 1. The van der Waals surface area contributed by atoms with E-state index < -0.39 is 11.5 Å². The molecule has 2 aromatic rings. The lowest BCUT2D eigenvalue weighted by Crippen LogP contribution is -2.51. The first kappa shape index (κ1) is 17.1. The van der Waals surface area contributed by atoms with Gasteiger partial charge in [-0.1, -0.05) is 6.07 Å². The van der Waals surface area contributed by atoms with Crippen molar-refractivity contribution in [2.75, 3.05) is 26.3 Å². The van der Waals surface area contributed by atoms with Crippen LogP contribution in [0.3, 0.4) is 0 Å². The molecule has 8 heteroatoms. The Kier molecular flexibility index (Phi) is 5.07. The molecule has 1 aliphatic heterocycles. The van der Waals surface area contributed by atoms with Gasteiger partial charge in [0, 0.05) is 43.7 Å². The molecule has 0 saturated carbocycles. The molecule has 2 aromatic heterocycles. The van der Waals surface area contributed by atoms with Gasteiger partial charge in [0.1, 0.15) is 17.7 Å². The van der Waals surface area contributed by atoms with Crippen LogP contribution in [0.4, 0.5) is 0 Å². The molecule has 0 bridgehead atoms. The zero-order valence-corrected chi connectivity index (χ0v) is 13.7. The topological polar surface area (TPSA) is 104 Å². The molecule has 0 aromatic carbocycles. The second-order valence-electron chi connectivity index (χ2n) is 5.84. The van der Waals surface area contributed by atoms with Gasteiger partial charge in [-0.15, -0.1) is 0 Å². The van der Waals surface area contributed by atoms with Gasteiger partial charge in [0.15, 0.2) is 0 Å². The number of rotatable bonds is 6. The zero-order chi connectivity index (χ0) is 17.7. The maximum absolute atomic E-state index is 11.1. The van der Waals surface area contributed by atoms with Gasteiger partial charge < -0.3 is 9.84 Å². The number of carboxylic acids is 1. The lowest BCUT2D eigenvalue weighted by molar-refractivity contribution is -0.137. The molecule has 1 fully saturated rings. The Morgan fingerprint density at radius 1 is 1.40 bits per heavy atom. The number of nitrogens with zero attached hydrogens (tertiary/aromatic N) is 5. The first-order valence-corrected chi connectivity index (χ1v) is 8.06. The Hall–Kier alpha value is -2.76. The lowest BCUT2D eigenvalue weighted by Gasteiger charge is -2.41. The minimum Gasteiger partial charge on any atom is -0.481 e. The molecule has 130 valence electrons. The summed E-state index contributed by atoms with van der Waals surface area (Å²) in [6, 6.07) is 6.01. The molecule has 1 atom stereocenters. The quantitative estimate of drug-likeness (QED) is 0.841. The number of carboxylic acid groups (broad SMARTS) is 1. The van der Waals surface area contributed by atoms with Crippen LogP contribution in [-0.4, -0.2) is 56.8 Å². The van der Waals surface area contributed by atoms with Crippen LogP contribution in [0.25, 0.3) is 5.82 Å². The highest BCUT2D eigenvalue weighted by atomic mass is 16.5. The highest BCUT2D eigenvalue weighted by Gasteiger charge is 2.40. The third-order valence-electron chi connectivity index (χ3n) is 4.43. The van der Waals surface area contributed by atoms with Crippen LogP contribution < -0.4 is 0 Å². The molecule has 1 saturated heterocycles. The highest BCUT2D eigenvalue weighted by molar-refractivity contribution is 5.67. The van der Waals surface area contributed by atoms with Gasteiger partial charge in [0.05, 0.1) is 19.3 Å². The number of hydrogen-bond acceptors (Lipinski definition) is 6. The zero-order valence-electron chi connectivity index (χ0n) is 13.7. The molecule has 1 N–H and O–H groups in total. The summed E-state index contributed by atoms with van der Waals surface area (Å²) in [4.78, 5) is 21.5. The van der Waals surface area contributed by atoms with E-state index in [0.29, 0.717) is 37.7 Å². The Balaban J connectivity index is 1.95.